The highest BCUT2D eigenvalue weighted by atomic mass is 16.4. The van der Waals surface area contributed by atoms with Gasteiger partial charge in [0.2, 0.25) is 5.91 Å². The van der Waals surface area contributed by atoms with E-state index >= 15 is 0 Å². The minimum Gasteiger partial charge on any atom is -0.478 e. The molecule has 15 heavy (non-hydrogen) atoms. The van der Waals surface area contributed by atoms with Crippen LogP contribution in [0.5, 0.6) is 0 Å². The van der Waals surface area contributed by atoms with Crippen LogP contribution in [0.15, 0.2) is 12.2 Å². The van der Waals surface area contributed by atoms with Crippen LogP contribution in [0.1, 0.15) is 19.3 Å². The van der Waals surface area contributed by atoms with Gasteiger partial charge in [-0.2, -0.15) is 0 Å². The van der Waals surface area contributed by atoms with E-state index in [1.807, 2.05) is 0 Å². The second-order valence-corrected chi connectivity index (χ2v) is 3.85. The quantitative estimate of drug-likeness (QED) is 0.569. The molecule has 1 saturated carbocycles. The van der Waals surface area contributed by atoms with E-state index in [4.69, 9.17) is 10.8 Å². The summed E-state index contributed by atoms with van der Waals surface area (Å²) in [5.74, 6) is -2.06. The average molecular weight is 213 g/mol. The van der Waals surface area contributed by atoms with Crippen molar-refractivity contribution in [2.45, 2.75) is 25.4 Å². The summed E-state index contributed by atoms with van der Waals surface area (Å²) >= 11 is 0. The third kappa shape index (κ3) is 3.36. The molecule has 84 valence electrons. The van der Waals surface area contributed by atoms with Crippen molar-refractivity contribution in [2.75, 3.05) is 0 Å². The summed E-state index contributed by atoms with van der Waals surface area (Å²) in [5, 5.41) is 17.9. The van der Waals surface area contributed by atoms with E-state index < -0.39 is 23.9 Å². The zero-order chi connectivity index (χ0) is 11.4. The van der Waals surface area contributed by atoms with Gasteiger partial charge in [0.25, 0.3) is 0 Å². The Morgan fingerprint density at radius 2 is 2.00 bits per heavy atom. The Labute approximate surface area is 87.6 Å². The molecule has 5 nitrogen and oxygen atoms in total. The van der Waals surface area contributed by atoms with E-state index in [9.17, 15) is 14.7 Å². The molecular weight excluding hydrogens is 198 g/mol. The Kier molecular flexibility index (Phi) is 3.85. The summed E-state index contributed by atoms with van der Waals surface area (Å²) < 4.78 is 0. The molecule has 3 unspecified atom stereocenters. The fraction of sp³-hybridized carbons (Fsp3) is 0.600. The fourth-order valence-corrected chi connectivity index (χ4v) is 1.89. The minimum absolute atomic E-state index is 0.0157. The number of carboxylic acids is 1. The molecule has 0 aliphatic heterocycles. The lowest BCUT2D eigenvalue weighted by molar-refractivity contribution is -0.131. The number of primary amides is 1. The SMILES string of the molecule is NC(=O)C1CC(/C=C/C(=O)O)CCC1O. The Hall–Kier alpha value is -1.36. The van der Waals surface area contributed by atoms with Crippen LogP contribution >= 0.6 is 0 Å². The molecule has 5 heteroatoms. The van der Waals surface area contributed by atoms with Gasteiger partial charge in [0.05, 0.1) is 12.0 Å². The van der Waals surface area contributed by atoms with Crippen LogP contribution in [0.25, 0.3) is 0 Å². The van der Waals surface area contributed by atoms with Gasteiger partial charge in [-0.3, -0.25) is 4.79 Å². The maximum atomic E-state index is 11.0. The number of aliphatic hydroxyl groups is 1. The van der Waals surface area contributed by atoms with E-state index in [2.05, 4.69) is 0 Å². The van der Waals surface area contributed by atoms with Gasteiger partial charge in [-0.25, -0.2) is 4.79 Å². The number of amides is 1. The standard InChI is InChI=1S/C10H15NO4/c11-10(15)7-5-6(1-3-8(7)12)2-4-9(13)14/h2,4,6-8,12H,1,3,5H2,(H2,11,15)(H,13,14)/b4-2+. The molecule has 1 aliphatic rings. The number of carbonyl (C=O) groups excluding carboxylic acids is 1. The molecule has 1 rings (SSSR count). The number of carbonyl (C=O) groups is 2. The molecule has 0 heterocycles. The topological polar surface area (TPSA) is 101 Å². The first kappa shape index (κ1) is 11.7. The smallest absolute Gasteiger partial charge is 0.327 e. The second kappa shape index (κ2) is 4.93. The Morgan fingerprint density at radius 3 is 2.53 bits per heavy atom. The summed E-state index contributed by atoms with van der Waals surface area (Å²) in [5.41, 5.74) is 5.14. The lowest BCUT2D eigenvalue weighted by Crippen LogP contribution is -2.38. The van der Waals surface area contributed by atoms with Crippen LogP contribution in [-0.4, -0.2) is 28.2 Å². The van der Waals surface area contributed by atoms with Crippen LogP contribution in [0.2, 0.25) is 0 Å². The van der Waals surface area contributed by atoms with Crippen LogP contribution in [-0.2, 0) is 9.59 Å². The highest BCUT2D eigenvalue weighted by Gasteiger charge is 2.31. The zero-order valence-electron chi connectivity index (χ0n) is 8.30. The molecule has 0 bridgehead atoms. The van der Waals surface area contributed by atoms with E-state index in [1.54, 1.807) is 6.08 Å². The predicted octanol–water partition coefficient (Wildman–Crippen LogP) is -0.110. The van der Waals surface area contributed by atoms with Crippen LogP contribution in [0.4, 0.5) is 0 Å². The maximum absolute atomic E-state index is 11.0. The number of aliphatic hydroxyl groups excluding tert-OH is 1. The molecule has 0 aromatic carbocycles. The third-order valence-corrected chi connectivity index (χ3v) is 2.73. The van der Waals surface area contributed by atoms with Gasteiger partial charge in [-0.1, -0.05) is 6.08 Å². The number of rotatable bonds is 3. The number of hydrogen-bond acceptors (Lipinski definition) is 3. The summed E-state index contributed by atoms with van der Waals surface area (Å²) in [6.07, 6.45) is 3.55. The van der Waals surface area contributed by atoms with Crippen molar-refractivity contribution in [3.8, 4) is 0 Å². The fourth-order valence-electron chi connectivity index (χ4n) is 1.89. The van der Waals surface area contributed by atoms with Gasteiger partial charge in [0.1, 0.15) is 0 Å². The van der Waals surface area contributed by atoms with E-state index in [0.717, 1.165) is 6.08 Å². The zero-order valence-corrected chi connectivity index (χ0v) is 8.30. The summed E-state index contributed by atoms with van der Waals surface area (Å²) in [6.45, 7) is 0. The molecule has 1 fully saturated rings. The normalized spacial score (nSPS) is 31.7. The highest BCUT2D eigenvalue weighted by Crippen LogP contribution is 2.30. The van der Waals surface area contributed by atoms with Gasteiger partial charge in [-0.15, -0.1) is 0 Å². The van der Waals surface area contributed by atoms with Crippen LogP contribution in [0, 0.1) is 11.8 Å². The van der Waals surface area contributed by atoms with Crippen molar-refractivity contribution in [1.29, 1.82) is 0 Å². The number of allylic oxidation sites excluding steroid dienone is 1. The Balaban J connectivity index is 2.58. The van der Waals surface area contributed by atoms with Gasteiger partial charge in [0, 0.05) is 6.08 Å². The number of aliphatic carboxylic acids is 1. The number of nitrogens with two attached hydrogens (primary N) is 1. The molecule has 0 aromatic heterocycles. The molecular formula is C10H15NO4. The van der Waals surface area contributed by atoms with Crippen molar-refractivity contribution in [3.63, 3.8) is 0 Å². The summed E-state index contributed by atoms with van der Waals surface area (Å²) in [4.78, 5) is 21.3. The minimum atomic E-state index is -1.00. The molecule has 4 N–H and O–H groups in total. The van der Waals surface area contributed by atoms with E-state index in [0.29, 0.717) is 19.3 Å². The van der Waals surface area contributed by atoms with Crippen molar-refractivity contribution in [2.24, 2.45) is 17.6 Å². The predicted molar refractivity (Wildman–Crippen MR) is 52.8 cm³/mol. The molecule has 3 atom stereocenters. The third-order valence-electron chi connectivity index (χ3n) is 2.73. The van der Waals surface area contributed by atoms with E-state index in [-0.39, 0.29) is 5.92 Å². The molecule has 1 aliphatic carbocycles. The van der Waals surface area contributed by atoms with Crippen molar-refractivity contribution < 1.29 is 19.8 Å². The lowest BCUT2D eigenvalue weighted by atomic mass is 9.79. The van der Waals surface area contributed by atoms with Gasteiger partial charge in [0.15, 0.2) is 0 Å². The van der Waals surface area contributed by atoms with Crippen molar-refractivity contribution >= 4 is 11.9 Å². The molecule has 0 aromatic rings. The van der Waals surface area contributed by atoms with Crippen LogP contribution < -0.4 is 5.73 Å². The van der Waals surface area contributed by atoms with Gasteiger partial charge < -0.3 is 15.9 Å². The van der Waals surface area contributed by atoms with Crippen molar-refractivity contribution in [1.82, 2.24) is 0 Å². The Bertz CT molecular complexity index is 287. The number of hydrogen-bond donors (Lipinski definition) is 3. The number of carboxylic acid groups (broad SMARTS) is 1. The highest BCUT2D eigenvalue weighted by molar-refractivity contribution is 5.80. The molecule has 0 spiro atoms. The van der Waals surface area contributed by atoms with Gasteiger partial charge >= 0.3 is 5.97 Å². The monoisotopic (exact) mass is 213 g/mol. The first-order valence-corrected chi connectivity index (χ1v) is 4.89. The first-order chi connectivity index (χ1) is 7.00. The average Bonchev–Trinajstić information content (AvgIpc) is 2.16. The van der Waals surface area contributed by atoms with Crippen molar-refractivity contribution in [3.05, 3.63) is 12.2 Å². The largest absolute Gasteiger partial charge is 0.478 e. The summed E-state index contributed by atoms with van der Waals surface area (Å²) in [7, 11) is 0. The maximum Gasteiger partial charge on any atom is 0.327 e. The second-order valence-electron chi connectivity index (χ2n) is 3.85. The van der Waals surface area contributed by atoms with E-state index in [1.165, 1.54) is 0 Å². The summed E-state index contributed by atoms with van der Waals surface area (Å²) in [6, 6.07) is 0. The Morgan fingerprint density at radius 1 is 1.33 bits per heavy atom. The first-order valence-electron chi connectivity index (χ1n) is 4.89. The molecule has 0 radical (unpaired) electrons. The molecule has 0 saturated heterocycles. The van der Waals surface area contributed by atoms with Crippen LogP contribution in [0.3, 0.4) is 0 Å². The lowest BCUT2D eigenvalue weighted by Gasteiger charge is -2.29. The molecule has 1 amide bonds. The van der Waals surface area contributed by atoms with Gasteiger partial charge in [-0.05, 0) is 25.2 Å².